The molecule has 0 aromatic heterocycles. The minimum Gasteiger partial charge on any atom is -0.508 e. The van der Waals surface area contributed by atoms with Crippen LogP contribution in [0.5, 0.6) is 5.75 Å². The molecule has 2 aromatic rings. The third kappa shape index (κ3) is 12.5. The summed E-state index contributed by atoms with van der Waals surface area (Å²) >= 11 is 1.57. The van der Waals surface area contributed by atoms with Gasteiger partial charge in [-0.15, -0.1) is 0 Å². The molecule has 3 N–H and O–H groups in total. The summed E-state index contributed by atoms with van der Waals surface area (Å²) in [5.74, 6) is 0.0374. The van der Waals surface area contributed by atoms with E-state index in [9.17, 15) is 19.5 Å². The van der Waals surface area contributed by atoms with Gasteiger partial charge >= 0.3 is 6.09 Å². The fourth-order valence-corrected chi connectivity index (χ4v) is 4.88. The number of benzene rings is 2. The van der Waals surface area contributed by atoms with Crippen LogP contribution in [0, 0.1) is 0 Å². The first-order chi connectivity index (χ1) is 19.6. The SMILES string of the molecule is CCCCCCCN(C(=O)C(CCSC)NC(=O)OC(C)(C)C)C(C(=O)NCc1ccccc1)c1ccc(O)cc1. The van der Waals surface area contributed by atoms with Gasteiger partial charge in [-0.25, -0.2) is 4.79 Å². The highest BCUT2D eigenvalue weighted by Crippen LogP contribution is 2.26. The van der Waals surface area contributed by atoms with Gasteiger partial charge in [-0.2, -0.15) is 11.8 Å². The maximum absolute atomic E-state index is 14.2. The quantitative estimate of drug-likeness (QED) is 0.203. The maximum Gasteiger partial charge on any atom is 0.408 e. The van der Waals surface area contributed by atoms with E-state index in [1.54, 1.807) is 49.6 Å². The average Bonchev–Trinajstić information content (AvgIpc) is 2.93. The van der Waals surface area contributed by atoms with Crippen LogP contribution in [-0.4, -0.2) is 58.1 Å². The first kappa shape index (κ1) is 34.0. The second-order valence-electron chi connectivity index (χ2n) is 11.1. The number of hydrogen-bond donors (Lipinski definition) is 3. The number of carbonyl (C=O) groups is 3. The smallest absolute Gasteiger partial charge is 0.408 e. The van der Waals surface area contributed by atoms with Gasteiger partial charge in [0.2, 0.25) is 11.8 Å². The number of ether oxygens (including phenoxy) is 1. The molecule has 2 unspecified atom stereocenters. The molecule has 8 nitrogen and oxygen atoms in total. The molecule has 9 heteroatoms. The average molecular weight is 586 g/mol. The first-order valence-corrected chi connectivity index (χ1v) is 15.8. The Kier molecular flexibility index (Phi) is 14.6. The largest absolute Gasteiger partial charge is 0.508 e. The van der Waals surface area contributed by atoms with E-state index >= 15 is 0 Å². The van der Waals surface area contributed by atoms with E-state index in [4.69, 9.17) is 4.74 Å². The molecule has 0 saturated carbocycles. The van der Waals surface area contributed by atoms with E-state index in [2.05, 4.69) is 17.6 Å². The van der Waals surface area contributed by atoms with Gasteiger partial charge in [0.25, 0.3) is 0 Å². The minimum absolute atomic E-state index is 0.0686. The van der Waals surface area contributed by atoms with E-state index in [1.807, 2.05) is 36.6 Å². The van der Waals surface area contributed by atoms with Crippen LogP contribution in [-0.2, 0) is 20.9 Å². The monoisotopic (exact) mass is 585 g/mol. The molecule has 2 aromatic carbocycles. The number of amides is 3. The highest BCUT2D eigenvalue weighted by molar-refractivity contribution is 7.98. The molecule has 0 spiro atoms. The number of nitrogens with one attached hydrogen (secondary N) is 2. The lowest BCUT2D eigenvalue weighted by Gasteiger charge is -2.34. The number of alkyl carbamates (subject to hydrolysis) is 1. The first-order valence-electron chi connectivity index (χ1n) is 14.4. The van der Waals surface area contributed by atoms with Crippen molar-refractivity contribution in [2.75, 3.05) is 18.6 Å². The maximum atomic E-state index is 14.2. The summed E-state index contributed by atoms with van der Waals surface area (Å²) in [6.45, 7) is 8.10. The molecule has 0 saturated heterocycles. The third-order valence-electron chi connectivity index (χ3n) is 6.46. The van der Waals surface area contributed by atoms with Crippen LogP contribution >= 0.6 is 11.8 Å². The molecule has 2 rings (SSSR count). The number of phenolic OH excluding ortho intramolecular Hbond substituents is 1. The minimum atomic E-state index is -0.949. The Bertz CT molecular complexity index is 1070. The van der Waals surface area contributed by atoms with Crippen molar-refractivity contribution in [2.24, 2.45) is 0 Å². The van der Waals surface area contributed by atoms with Crippen molar-refractivity contribution in [3.05, 3.63) is 65.7 Å². The van der Waals surface area contributed by atoms with E-state index in [0.717, 1.165) is 31.2 Å². The second kappa shape index (κ2) is 17.6. The van der Waals surface area contributed by atoms with Crippen LogP contribution in [0.4, 0.5) is 4.79 Å². The zero-order valence-corrected chi connectivity index (χ0v) is 26.0. The zero-order chi connectivity index (χ0) is 30.3. The summed E-state index contributed by atoms with van der Waals surface area (Å²) in [5.41, 5.74) is 0.797. The number of hydrogen-bond acceptors (Lipinski definition) is 6. The fourth-order valence-electron chi connectivity index (χ4n) is 4.41. The molecular weight excluding hydrogens is 538 g/mol. The van der Waals surface area contributed by atoms with Crippen LogP contribution in [0.2, 0.25) is 0 Å². The van der Waals surface area contributed by atoms with Crippen LogP contribution in [0.15, 0.2) is 54.6 Å². The van der Waals surface area contributed by atoms with E-state index < -0.39 is 23.8 Å². The predicted molar refractivity (Wildman–Crippen MR) is 166 cm³/mol. The van der Waals surface area contributed by atoms with Crippen LogP contribution in [0.3, 0.4) is 0 Å². The zero-order valence-electron chi connectivity index (χ0n) is 25.2. The molecule has 0 radical (unpaired) electrons. The van der Waals surface area contributed by atoms with Crippen molar-refractivity contribution in [3.63, 3.8) is 0 Å². The van der Waals surface area contributed by atoms with Crippen molar-refractivity contribution < 1.29 is 24.2 Å². The Labute approximate surface area is 249 Å². The highest BCUT2D eigenvalue weighted by atomic mass is 32.2. The van der Waals surface area contributed by atoms with Gasteiger partial charge in [-0.1, -0.05) is 75.1 Å². The van der Waals surface area contributed by atoms with E-state index in [0.29, 0.717) is 37.2 Å². The lowest BCUT2D eigenvalue weighted by atomic mass is 10.0. The van der Waals surface area contributed by atoms with Crippen molar-refractivity contribution >= 4 is 29.7 Å². The van der Waals surface area contributed by atoms with Crippen LogP contribution < -0.4 is 10.6 Å². The van der Waals surface area contributed by atoms with Gasteiger partial charge < -0.3 is 25.4 Å². The molecule has 0 aliphatic rings. The molecule has 0 bridgehead atoms. The molecule has 2 atom stereocenters. The molecule has 0 aliphatic carbocycles. The second-order valence-corrected chi connectivity index (χ2v) is 12.1. The Hall–Kier alpha value is -3.20. The summed E-state index contributed by atoms with van der Waals surface area (Å²) in [4.78, 5) is 42.4. The van der Waals surface area contributed by atoms with Gasteiger partial charge in [-0.05, 0) is 68.9 Å². The van der Waals surface area contributed by atoms with Crippen molar-refractivity contribution in [1.29, 1.82) is 0 Å². The predicted octanol–water partition coefficient (Wildman–Crippen LogP) is 6.20. The highest BCUT2D eigenvalue weighted by Gasteiger charge is 2.36. The molecule has 3 amide bonds. The fraction of sp³-hybridized carbons (Fsp3) is 0.531. The lowest BCUT2D eigenvalue weighted by molar-refractivity contribution is -0.142. The van der Waals surface area contributed by atoms with Crippen LogP contribution in [0.25, 0.3) is 0 Å². The summed E-state index contributed by atoms with van der Waals surface area (Å²) in [5, 5.41) is 15.7. The molecule has 41 heavy (non-hydrogen) atoms. The van der Waals surface area contributed by atoms with Crippen LogP contribution in [0.1, 0.15) is 83.4 Å². The van der Waals surface area contributed by atoms with Gasteiger partial charge in [-0.3, -0.25) is 9.59 Å². The van der Waals surface area contributed by atoms with E-state index in [1.165, 1.54) is 12.1 Å². The number of thioether (sulfide) groups is 1. The van der Waals surface area contributed by atoms with Crippen molar-refractivity contribution in [1.82, 2.24) is 15.5 Å². The Morgan fingerprint density at radius 2 is 1.63 bits per heavy atom. The van der Waals surface area contributed by atoms with Crippen molar-refractivity contribution in [3.8, 4) is 5.75 Å². The van der Waals surface area contributed by atoms with Crippen molar-refractivity contribution in [2.45, 2.75) is 90.4 Å². The van der Waals surface area contributed by atoms with E-state index in [-0.39, 0.29) is 17.6 Å². The Morgan fingerprint density at radius 3 is 2.24 bits per heavy atom. The molecule has 0 aliphatic heterocycles. The van der Waals surface area contributed by atoms with Gasteiger partial charge in [0, 0.05) is 13.1 Å². The third-order valence-corrected chi connectivity index (χ3v) is 7.11. The molecular formula is C32H47N3O5S. The number of carbonyl (C=O) groups excluding carboxylic acids is 3. The topological polar surface area (TPSA) is 108 Å². The van der Waals surface area contributed by atoms with Gasteiger partial charge in [0.1, 0.15) is 23.4 Å². The number of rotatable bonds is 16. The number of phenols is 1. The Morgan fingerprint density at radius 1 is 0.976 bits per heavy atom. The standard InChI is InChI=1S/C32H47N3O5S/c1-6-7-8-9-13-21-35(30(38)27(20-22-41-5)34-31(39)40-32(2,3)4)28(25-16-18-26(36)19-17-25)29(37)33-23-24-14-11-10-12-15-24/h10-12,14-19,27-28,36H,6-9,13,20-23H2,1-5H3,(H,33,37)(H,34,39). The summed E-state index contributed by atoms with van der Waals surface area (Å²) < 4.78 is 5.46. The number of aromatic hydroxyl groups is 1. The molecule has 226 valence electrons. The number of unbranched alkanes of at least 4 members (excludes halogenated alkanes) is 4. The lowest BCUT2D eigenvalue weighted by Crippen LogP contribution is -2.53. The Balaban J connectivity index is 2.43. The summed E-state index contributed by atoms with van der Waals surface area (Å²) in [6.07, 6.45) is 6.52. The van der Waals surface area contributed by atoms with Gasteiger partial charge in [0.15, 0.2) is 0 Å². The molecule has 0 heterocycles. The summed E-state index contributed by atoms with van der Waals surface area (Å²) in [7, 11) is 0. The van der Waals surface area contributed by atoms with Gasteiger partial charge in [0.05, 0.1) is 0 Å². The number of nitrogens with zero attached hydrogens (tertiary/aromatic N) is 1. The molecule has 0 fully saturated rings. The summed E-state index contributed by atoms with van der Waals surface area (Å²) in [6, 6.07) is 14.1. The normalized spacial score (nSPS) is 12.7.